The van der Waals surface area contributed by atoms with E-state index < -0.39 is 0 Å². The monoisotopic (exact) mass is 297 g/mol. The fourth-order valence-electron chi connectivity index (χ4n) is 3.21. The van der Waals surface area contributed by atoms with Crippen LogP contribution in [0.2, 0.25) is 0 Å². The highest BCUT2D eigenvalue weighted by Crippen LogP contribution is 2.16. The number of amides is 1. The van der Waals surface area contributed by atoms with Crippen LogP contribution in [0.5, 0.6) is 0 Å². The molecule has 0 radical (unpaired) electrons. The van der Waals surface area contributed by atoms with Crippen molar-refractivity contribution in [3.8, 4) is 0 Å². The smallest absolute Gasteiger partial charge is 0.251 e. The van der Waals surface area contributed by atoms with Crippen LogP contribution in [0.4, 0.5) is 0 Å². The molecule has 1 amide bonds. The number of unbranched alkanes of at least 4 members (excludes halogenated alkanes) is 2. The van der Waals surface area contributed by atoms with Gasteiger partial charge in [-0.1, -0.05) is 6.42 Å². The fourth-order valence-corrected chi connectivity index (χ4v) is 3.21. The van der Waals surface area contributed by atoms with Crippen molar-refractivity contribution in [3.05, 3.63) is 0 Å². The van der Waals surface area contributed by atoms with E-state index in [0.29, 0.717) is 0 Å². The number of ether oxygens (including phenoxy) is 1. The van der Waals surface area contributed by atoms with Gasteiger partial charge in [0.15, 0.2) is 0 Å². The molecule has 0 aromatic carbocycles. The van der Waals surface area contributed by atoms with Gasteiger partial charge in [-0.15, -0.1) is 0 Å². The molecule has 2 heterocycles. The van der Waals surface area contributed by atoms with E-state index in [4.69, 9.17) is 10.5 Å². The quantitative estimate of drug-likeness (QED) is 0.749. The summed E-state index contributed by atoms with van der Waals surface area (Å²) in [6.45, 7) is 6.54. The van der Waals surface area contributed by atoms with E-state index in [1.165, 1.54) is 12.8 Å². The van der Waals surface area contributed by atoms with Crippen LogP contribution in [0.1, 0.15) is 44.9 Å². The number of nitrogens with zero attached hydrogens (tertiary/aromatic N) is 2. The summed E-state index contributed by atoms with van der Waals surface area (Å²) in [4.78, 5) is 17.0. The van der Waals surface area contributed by atoms with Crippen LogP contribution in [0.25, 0.3) is 0 Å². The number of hydrogen-bond donors (Lipinski definition) is 1. The van der Waals surface area contributed by atoms with E-state index in [0.717, 1.165) is 78.0 Å². The number of carbonyl (C=O) groups is 1. The lowest BCUT2D eigenvalue weighted by molar-refractivity contribution is -0.146. The van der Waals surface area contributed by atoms with Crippen molar-refractivity contribution in [2.75, 3.05) is 45.9 Å². The summed E-state index contributed by atoms with van der Waals surface area (Å²) in [6, 6.07) is 0. The molecule has 2 aliphatic heterocycles. The Kier molecular flexibility index (Phi) is 7.47. The molecule has 0 aliphatic carbocycles. The van der Waals surface area contributed by atoms with E-state index >= 15 is 0 Å². The first kappa shape index (κ1) is 16.7. The second-order valence-corrected chi connectivity index (χ2v) is 6.23. The van der Waals surface area contributed by atoms with Gasteiger partial charge in [-0.3, -0.25) is 4.79 Å². The predicted molar refractivity (Wildman–Crippen MR) is 84.1 cm³/mol. The Morgan fingerprint density at radius 1 is 1.05 bits per heavy atom. The highest BCUT2D eigenvalue weighted by Gasteiger charge is 2.28. The lowest BCUT2D eigenvalue weighted by atomic mass is 10.1. The molecule has 21 heavy (non-hydrogen) atoms. The van der Waals surface area contributed by atoms with Crippen LogP contribution >= 0.6 is 0 Å². The van der Waals surface area contributed by atoms with Crippen LogP contribution in [-0.4, -0.2) is 67.7 Å². The Hall–Kier alpha value is -0.650. The zero-order valence-electron chi connectivity index (χ0n) is 13.3. The van der Waals surface area contributed by atoms with E-state index in [1.807, 2.05) is 4.90 Å². The second-order valence-electron chi connectivity index (χ2n) is 6.23. The van der Waals surface area contributed by atoms with Gasteiger partial charge in [-0.05, 0) is 58.2 Å². The van der Waals surface area contributed by atoms with Crippen LogP contribution in [-0.2, 0) is 9.53 Å². The van der Waals surface area contributed by atoms with Crippen molar-refractivity contribution in [1.29, 1.82) is 0 Å². The molecule has 122 valence electrons. The van der Waals surface area contributed by atoms with Gasteiger partial charge >= 0.3 is 0 Å². The van der Waals surface area contributed by atoms with Gasteiger partial charge in [0.1, 0.15) is 6.10 Å². The normalized spacial score (nSPS) is 24.8. The van der Waals surface area contributed by atoms with Gasteiger partial charge in [-0.2, -0.15) is 0 Å². The van der Waals surface area contributed by atoms with Crippen molar-refractivity contribution in [3.63, 3.8) is 0 Å². The largest absolute Gasteiger partial charge is 0.368 e. The first-order valence-corrected chi connectivity index (χ1v) is 8.64. The molecule has 0 spiro atoms. The van der Waals surface area contributed by atoms with E-state index in [9.17, 15) is 4.79 Å². The third-order valence-electron chi connectivity index (χ3n) is 4.53. The van der Waals surface area contributed by atoms with E-state index in [2.05, 4.69) is 4.90 Å². The molecule has 5 heteroatoms. The molecule has 0 aromatic rings. The average molecular weight is 297 g/mol. The van der Waals surface area contributed by atoms with Crippen molar-refractivity contribution >= 4 is 5.91 Å². The molecule has 2 fully saturated rings. The number of rotatable bonds is 6. The Morgan fingerprint density at radius 2 is 1.95 bits per heavy atom. The maximum atomic E-state index is 12.5. The summed E-state index contributed by atoms with van der Waals surface area (Å²) >= 11 is 0. The van der Waals surface area contributed by atoms with E-state index in [1.54, 1.807) is 0 Å². The van der Waals surface area contributed by atoms with Gasteiger partial charge < -0.3 is 20.3 Å². The number of carbonyl (C=O) groups excluding carboxylic acids is 1. The standard InChI is InChI=1S/C16H31N3O2/c17-8-3-1-4-9-18-10-6-11-19(13-12-18)16(20)15-7-2-5-14-21-15/h15H,1-14,17H2. The fraction of sp³-hybridized carbons (Fsp3) is 0.938. The third-order valence-corrected chi connectivity index (χ3v) is 4.53. The van der Waals surface area contributed by atoms with Gasteiger partial charge in [-0.25, -0.2) is 0 Å². The minimum absolute atomic E-state index is 0.171. The lowest BCUT2D eigenvalue weighted by Crippen LogP contribution is -2.43. The Balaban J connectivity index is 1.71. The zero-order valence-corrected chi connectivity index (χ0v) is 13.3. The Labute approximate surface area is 128 Å². The minimum Gasteiger partial charge on any atom is -0.368 e. The van der Waals surface area contributed by atoms with Crippen molar-refractivity contribution < 1.29 is 9.53 Å². The molecule has 5 nitrogen and oxygen atoms in total. The molecular formula is C16H31N3O2. The molecule has 2 N–H and O–H groups in total. The second kappa shape index (κ2) is 9.38. The summed E-state index contributed by atoms with van der Waals surface area (Å²) in [5.41, 5.74) is 5.53. The van der Waals surface area contributed by atoms with Crippen molar-refractivity contribution in [2.24, 2.45) is 5.73 Å². The minimum atomic E-state index is -0.171. The molecule has 0 aromatic heterocycles. The maximum Gasteiger partial charge on any atom is 0.251 e. The Bertz CT molecular complexity index is 306. The van der Waals surface area contributed by atoms with Gasteiger partial charge in [0, 0.05) is 26.2 Å². The van der Waals surface area contributed by atoms with Crippen molar-refractivity contribution in [1.82, 2.24) is 9.80 Å². The molecule has 2 saturated heterocycles. The van der Waals surface area contributed by atoms with Gasteiger partial charge in [0.05, 0.1) is 0 Å². The van der Waals surface area contributed by atoms with Gasteiger partial charge in [0.2, 0.25) is 0 Å². The maximum absolute atomic E-state index is 12.5. The number of nitrogens with two attached hydrogens (primary N) is 1. The lowest BCUT2D eigenvalue weighted by Gasteiger charge is -2.28. The molecule has 2 rings (SSSR count). The molecule has 2 aliphatic rings. The van der Waals surface area contributed by atoms with Gasteiger partial charge in [0.25, 0.3) is 5.91 Å². The molecule has 0 bridgehead atoms. The van der Waals surface area contributed by atoms with Crippen molar-refractivity contribution in [2.45, 2.75) is 51.0 Å². The number of hydrogen-bond acceptors (Lipinski definition) is 4. The SMILES string of the molecule is NCCCCCN1CCCN(C(=O)C2CCCCO2)CC1. The molecule has 0 saturated carbocycles. The molecular weight excluding hydrogens is 266 g/mol. The predicted octanol–water partition coefficient (Wildman–Crippen LogP) is 1.22. The first-order chi connectivity index (χ1) is 10.3. The first-order valence-electron chi connectivity index (χ1n) is 8.64. The third kappa shape index (κ3) is 5.57. The molecule has 1 atom stereocenters. The highest BCUT2D eigenvalue weighted by molar-refractivity contribution is 5.81. The van der Waals surface area contributed by atoms with Crippen LogP contribution in [0, 0.1) is 0 Å². The summed E-state index contributed by atoms with van der Waals surface area (Å²) in [5.74, 6) is 0.222. The Morgan fingerprint density at radius 3 is 2.71 bits per heavy atom. The molecule has 1 unspecified atom stereocenters. The topological polar surface area (TPSA) is 58.8 Å². The highest BCUT2D eigenvalue weighted by atomic mass is 16.5. The van der Waals surface area contributed by atoms with E-state index in [-0.39, 0.29) is 12.0 Å². The summed E-state index contributed by atoms with van der Waals surface area (Å²) < 4.78 is 5.64. The average Bonchev–Trinajstić information content (AvgIpc) is 2.77. The summed E-state index contributed by atoms with van der Waals surface area (Å²) in [5, 5.41) is 0. The van der Waals surface area contributed by atoms with Crippen LogP contribution in [0.15, 0.2) is 0 Å². The van der Waals surface area contributed by atoms with Crippen LogP contribution < -0.4 is 5.73 Å². The summed E-state index contributed by atoms with van der Waals surface area (Å²) in [6.07, 6.45) is 7.58. The van der Waals surface area contributed by atoms with Crippen LogP contribution in [0.3, 0.4) is 0 Å². The summed E-state index contributed by atoms with van der Waals surface area (Å²) in [7, 11) is 0. The zero-order chi connectivity index (χ0) is 14.9.